The van der Waals surface area contributed by atoms with Gasteiger partial charge in [0.2, 0.25) is 0 Å². The van der Waals surface area contributed by atoms with E-state index in [0.717, 1.165) is 32.4 Å². The van der Waals surface area contributed by atoms with Gasteiger partial charge in [-0.2, -0.15) is 0 Å². The molecule has 0 aromatic rings. The molecule has 1 fully saturated rings. The number of carboxylic acid groups (broad SMARTS) is 1. The Morgan fingerprint density at radius 1 is 1.50 bits per heavy atom. The van der Waals surface area contributed by atoms with E-state index in [1.54, 1.807) is 6.92 Å². The van der Waals surface area contributed by atoms with Crippen LogP contribution in [0, 0.1) is 0 Å². The van der Waals surface area contributed by atoms with Crippen molar-refractivity contribution in [2.24, 2.45) is 0 Å². The van der Waals surface area contributed by atoms with Gasteiger partial charge in [-0.05, 0) is 59.7 Å². The van der Waals surface area contributed by atoms with Crippen LogP contribution in [-0.2, 0) is 9.53 Å². The first kappa shape index (κ1) is 17.4. The van der Waals surface area contributed by atoms with Crippen LogP contribution in [0.25, 0.3) is 0 Å². The van der Waals surface area contributed by atoms with Gasteiger partial charge in [-0.15, -0.1) is 0 Å². The zero-order valence-electron chi connectivity index (χ0n) is 13.3. The summed E-state index contributed by atoms with van der Waals surface area (Å²) in [5.41, 5.74) is -0.795. The second kappa shape index (κ2) is 7.96. The lowest BCUT2D eigenvalue weighted by Crippen LogP contribution is -2.49. The molecule has 1 rings (SSSR count). The van der Waals surface area contributed by atoms with Crippen LogP contribution in [0.2, 0.25) is 0 Å². The quantitative estimate of drug-likeness (QED) is 0.632. The third-order valence-electron chi connectivity index (χ3n) is 4.38. The molecule has 1 aliphatic heterocycles. The molecule has 1 aliphatic rings. The highest BCUT2D eigenvalue weighted by Crippen LogP contribution is 2.19. The molecule has 0 aliphatic carbocycles. The molecule has 5 heteroatoms. The van der Waals surface area contributed by atoms with Gasteiger partial charge in [0.05, 0.1) is 6.10 Å². The number of likely N-dealkylation sites (N-methyl/N-ethyl adjacent to an activating group) is 2. The van der Waals surface area contributed by atoms with E-state index in [0.29, 0.717) is 25.1 Å². The van der Waals surface area contributed by atoms with Crippen molar-refractivity contribution in [3.05, 3.63) is 0 Å². The number of carbonyl (C=O) groups is 1. The highest BCUT2D eigenvalue weighted by Gasteiger charge is 2.31. The topological polar surface area (TPSA) is 61.8 Å². The number of rotatable bonds is 9. The Bertz CT molecular complexity index is 311. The Morgan fingerprint density at radius 3 is 2.70 bits per heavy atom. The van der Waals surface area contributed by atoms with Crippen molar-refractivity contribution in [1.29, 1.82) is 0 Å². The van der Waals surface area contributed by atoms with Gasteiger partial charge in [0, 0.05) is 12.6 Å². The van der Waals surface area contributed by atoms with Crippen molar-refractivity contribution < 1.29 is 14.6 Å². The summed E-state index contributed by atoms with van der Waals surface area (Å²) in [5.74, 6) is -0.759. The van der Waals surface area contributed by atoms with E-state index in [9.17, 15) is 9.90 Å². The number of ether oxygens (including phenoxy) is 1. The summed E-state index contributed by atoms with van der Waals surface area (Å²) in [5, 5.41) is 12.4. The SMILES string of the molecule is CCNC(C)(CCCCN(C)C1CCOC1C)C(=O)O. The van der Waals surface area contributed by atoms with Crippen molar-refractivity contribution in [1.82, 2.24) is 10.2 Å². The molecular formula is C15H30N2O3. The van der Waals surface area contributed by atoms with Gasteiger partial charge in [0.15, 0.2) is 0 Å². The van der Waals surface area contributed by atoms with E-state index in [1.807, 2.05) is 6.92 Å². The van der Waals surface area contributed by atoms with Gasteiger partial charge in [-0.1, -0.05) is 6.92 Å². The minimum Gasteiger partial charge on any atom is -0.480 e. The summed E-state index contributed by atoms with van der Waals surface area (Å²) >= 11 is 0. The zero-order chi connectivity index (χ0) is 15.2. The van der Waals surface area contributed by atoms with Crippen LogP contribution < -0.4 is 5.32 Å². The molecule has 0 aromatic carbocycles. The second-order valence-corrected chi connectivity index (χ2v) is 6.04. The number of nitrogens with zero attached hydrogens (tertiary/aromatic N) is 1. The Hall–Kier alpha value is -0.650. The van der Waals surface area contributed by atoms with Gasteiger partial charge < -0.3 is 20.1 Å². The normalized spacial score (nSPS) is 25.9. The summed E-state index contributed by atoms with van der Waals surface area (Å²) in [6.07, 6.45) is 4.02. The molecule has 1 saturated heterocycles. The zero-order valence-corrected chi connectivity index (χ0v) is 13.3. The Labute approximate surface area is 122 Å². The fourth-order valence-corrected chi connectivity index (χ4v) is 2.97. The average Bonchev–Trinajstić information content (AvgIpc) is 2.81. The maximum absolute atomic E-state index is 11.3. The lowest BCUT2D eigenvalue weighted by molar-refractivity contribution is -0.144. The van der Waals surface area contributed by atoms with E-state index in [1.165, 1.54) is 0 Å². The molecule has 118 valence electrons. The maximum atomic E-state index is 11.3. The van der Waals surface area contributed by atoms with Gasteiger partial charge in [0.1, 0.15) is 5.54 Å². The summed E-state index contributed by atoms with van der Waals surface area (Å²) in [6.45, 7) is 8.38. The Balaban J connectivity index is 2.28. The molecule has 1 heterocycles. The fourth-order valence-electron chi connectivity index (χ4n) is 2.97. The monoisotopic (exact) mass is 286 g/mol. The van der Waals surface area contributed by atoms with Crippen LogP contribution in [0.1, 0.15) is 46.5 Å². The predicted molar refractivity (Wildman–Crippen MR) is 80.0 cm³/mol. The molecule has 3 atom stereocenters. The minimum absolute atomic E-state index is 0.311. The van der Waals surface area contributed by atoms with Gasteiger partial charge in [-0.3, -0.25) is 4.79 Å². The molecule has 0 radical (unpaired) electrons. The van der Waals surface area contributed by atoms with Crippen LogP contribution in [0.15, 0.2) is 0 Å². The maximum Gasteiger partial charge on any atom is 0.323 e. The second-order valence-electron chi connectivity index (χ2n) is 6.04. The largest absolute Gasteiger partial charge is 0.480 e. The van der Waals surface area contributed by atoms with E-state index in [4.69, 9.17) is 4.74 Å². The lowest BCUT2D eigenvalue weighted by atomic mass is 9.94. The molecule has 5 nitrogen and oxygen atoms in total. The average molecular weight is 286 g/mol. The first-order valence-corrected chi connectivity index (χ1v) is 7.71. The van der Waals surface area contributed by atoms with E-state index < -0.39 is 11.5 Å². The van der Waals surface area contributed by atoms with Crippen LogP contribution in [0.4, 0.5) is 0 Å². The van der Waals surface area contributed by atoms with Crippen LogP contribution in [0.3, 0.4) is 0 Å². The van der Waals surface area contributed by atoms with Gasteiger partial charge in [-0.25, -0.2) is 0 Å². The third-order valence-corrected chi connectivity index (χ3v) is 4.38. The molecule has 0 bridgehead atoms. The number of unbranched alkanes of at least 4 members (excludes halogenated alkanes) is 1. The summed E-state index contributed by atoms with van der Waals surface area (Å²) < 4.78 is 5.58. The molecule has 20 heavy (non-hydrogen) atoms. The Kier molecular flexibility index (Phi) is 6.92. The highest BCUT2D eigenvalue weighted by atomic mass is 16.5. The van der Waals surface area contributed by atoms with Crippen molar-refractivity contribution in [3.8, 4) is 0 Å². The Morgan fingerprint density at radius 2 is 2.20 bits per heavy atom. The molecular weight excluding hydrogens is 256 g/mol. The fraction of sp³-hybridized carbons (Fsp3) is 0.933. The number of aliphatic carboxylic acids is 1. The van der Waals surface area contributed by atoms with Crippen LogP contribution >= 0.6 is 0 Å². The molecule has 2 N–H and O–H groups in total. The van der Waals surface area contributed by atoms with E-state index in [-0.39, 0.29) is 0 Å². The van der Waals surface area contributed by atoms with E-state index >= 15 is 0 Å². The minimum atomic E-state index is -0.795. The molecule has 0 saturated carbocycles. The van der Waals surface area contributed by atoms with Crippen molar-refractivity contribution >= 4 is 5.97 Å². The third kappa shape index (κ3) is 4.72. The summed E-state index contributed by atoms with van der Waals surface area (Å²) in [4.78, 5) is 13.7. The van der Waals surface area contributed by atoms with Crippen molar-refractivity contribution in [3.63, 3.8) is 0 Å². The number of hydrogen-bond donors (Lipinski definition) is 2. The van der Waals surface area contributed by atoms with Crippen LogP contribution in [0.5, 0.6) is 0 Å². The molecule has 0 aromatic heterocycles. The number of carboxylic acids is 1. The lowest BCUT2D eigenvalue weighted by Gasteiger charge is -2.28. The number of hydrogen-bond acceptors (Lipinski definition) is 4. The van der Waals surface area contributed by atoms with Crippen LogP contribution in [-0.4, -0.2) is 60.4 Å². The van der Waals surface area contributed by atoms with Crippen molar-refractivity contribution in [2.75, 3.05) is 26.7 Å². The van der Waals surface area contributed by atoms with Gasteiger partial charge >= 0.3 is 5.97 Å². The molecule has 3 unspecified atom stereocenters. The molecule has 0 amide bonds. The highest BCUT2D eigenvalue weighted by molar-refractivity contribution is 5.78. The van der Waals surface area contributed by atoms with E-state index in [2.05, 4.69) is 24.2 Å². The standard InChI is InChI=1S/C15H30N2O3/c1-5-16-15(3,14(18)19)9-6-7-10-17(4)13-8-11-20-12(13)2/h12-13,16H,5-11H2,1-4H3,(H,18,19). The predicted octanol–water partition coefficient (Wildman–Crippen LogP) is 1.72. The summed E-state index contributed by atoms with van der Waals surface area (Å²) in [7, 11) is 2.14. The first-order valence-electron chi connectivity index (χ1n) is 7.71. The first-order chi connectivity index (χ1) is 9.40. The smallest absolute Gasteiger partial charge is 0.323 e. The van der Waals surface area contributed by atoms with Gasteiger partial charge in [0.25, 0.3) is 0 Å². The van der Waals surface area contributed by atoms with Crippen molar-refractivity contribution in [2.45, 2.75) is 64.1 Å². The summed E-state index contributed by atoms with van der Waals surface area (Å²) in [6, 6.07) is 0.509. The number of nitrogens with one attached hydrogen (secondary N) is 1. The molecule has 0 spiro atoms.